The van der Waals surface area contributed by atoms with Crippen molar-refractivity contribution in [2.24, 2.45) is 17.8 Å². The molecule has 1 aliphatic carbocycles. The number of Topliss-reactive ketones (excluding diaryl/α,β-unsaturated/α-hetero) is 1. The minimum absolute atomic E-state index is 0.184. The van der Waals surface area contributed by atoms with Crippen LogP contribution in [0.25, 0.3) is 0 Å². The van der Waals surface area contributed by atoms with Crippen LogP contribution in [0, 0.1) is 17.8 Å². The summed E-state index contributed by atoms with van der Waals surface area (Å²) in [7, 11) is 0. The Labute approximate surface area is 236 Å². The summed E-state index contributed by atoms with van der Waals surface area (Å²) in [6.45, 7) is 1.51. The number of carbonyl (C=O) groups is 5. The van der Waals surface area contributed by atoms with E-state index in [-0.39, 0.29) is 22.8 Å². The van der Waals surface area contributed by atoms with Crippen LogP contribution < -0.4 is 4.74 Å². The highest BCUT2D eigenvalue weighted by atomic mass is 35.5. The van der Waals surface area contributed by atoms with Crippen LogP contribution in [0.2, 0.25) is 5.02 Å². The largest absolute Gasteiger partial charge is 0.423 e. The number of esters is 1. The van der Waals surface area contributed by atoms with E-state index in [4.69, 9.17) is 16.3 Å². The summed E-state index contributed by atoms with van der Waals surface area (Å²) in [6.07, 6.45) is 1.94. The van der Waals surface area contributed by atoms with Crippen molar-refractivity contribution in [3.8, 4) is 5.75 Å². The number of halogens is 1. The van der Waals surface area contributed by atoms with Crippen LogP contribution in [0.15, 0.2) is 78.9 Å². The molecule has 3 amide bonds. The molecular formula is C31H27ClN2O6. The van der Waals surface area contributed by atoms with E-state index < -0.39 is 47.9 Å². The van der Waals surface area contributed by atoms with Gasteiger partial charge in [0.15, 0.2) is 5.78 Å². The first-order valence-corrected chi connectivity index (χ1v) is 13.5. The molecule has 0 N–H and O–H groups in total. The molecule has 1 saturated carbocycles. The van der Waals surface area contributed by atoms with Crippen molar-refractivity contribution in [3.05, 3.63) is 101 Å². The number of hydrazine groups is 1. The van der Waals surface area contributed by atoms with E-state index in [1.165, 1.54) is 48.5 Å². The fourth-order valence-electron chi connectivity index (χ4n) is 5.26. The Hall–Kier alpha value is -4.30. The van der Waals surface area contributed by atoms with Gasteiger partial charge >= 0.3 is 5.97 Å². The molecule has 3 aromatic carbocycles. The zero-order chi connectivity index (χ0) is 28.4. The Morgan fingerprint density at radius 1 is 0.825 bits per heavy atom. The predicted octanol–water partition coefficient (Wildman–Crippen LogP) is 5.22. The highest BCUT2D eigenvalue weighted by Crippen LogP contribution is 2.41. The molecule has 3 aromatic rings. The monoisotopic (exact) mass is 558 g/mol. The third kappa shape index (κ3) is 5.53. The van der Waals surface area contributed by atoms with E-state index >= 15 is 0 Å². The highest BCUT2D eigenvalue weighted by Gasteiger charge is 2.52. The molecule has 0 unspecified atom stereocenters. The summed E-state index contributed by atoms with van der Waals surface area (Å²) in [6, 6.07) is 20.4. The van der Waals surface area contributed by atoms with Crippen LogP contribution in [0.3, 0.4) is 0 Å². The number of fused-ring (bicyclic) bond motifs is 1. The lowest BCUT2D eigenvalue weighted by Gasteiger charge is -2.30. The quantitative estimate of drug-likeness (QED) is 0.170. The van der Waals surface area contributed by atoms with Crippen LogP contribution in [-0.2, 0) is 9.59 Å². The minimum atomic E-state index is -0.660. The Balaban J connectivity index is 1.38. The van der Waals surface area contributed by atoms with Crippen molar-refractivity contribution in [1.82, 2.24) is 10.0 Å². The molecule has 0 aromatic heterocycles. The molecule has 0 radical (unpaired) electrons. The molecule has 40 heavy (non-hydrogen) atoms. The van der Waals surface area contributed by atoms with E-state index in [0.29, 0.717) is 23.4 Å². The summed E-state index contributed by atoms with van der Waals surface area (Å²) in [5, 5.41) is 2.24. The standard InChI is InChI=1S/C31H27ClN2O6/c1-19-7-16-25-26(17-19)30(38)34(29(25)37)33(28(36)21-8-12-23(32)13-9-21)18-27(35)20-10-14-24(15-11-20)40-31(39)22-5-3-2-4-6-22/h2-6,8-15,19,25-26H,7,16-18H2,1H3/t19-,25+,26-/m1/s1. The maximum Gasteiger partial charge on any atom is 0.343 e. The lowest BCUT2D eigenvalue weighted by atomic mass is 9.76. The van der Waals surface area contributed by atoms with Gasteiger partial charge in [-0.2, -0.15) is 5.01 Å². The van der Waals surface area contributed by atoms with Gasteiger partial charge in [0, 0.05) is 16.1 Å². The molecule has 5 rings (SSSR count). The molecule has 204 valence electrons. The van der Waals surface area contributed by atoms with Gasteiger partial charge in [-0.05, 0) is 85.8 Å². The number of ketones is 1. The van der Waals surface area contributed by atoms with E-state index in [0.717, 1.165) is 16.4 Å². The van der Waals surface area contributed by atoms with Gasteiger partial charge in [0.1, 0.15) is 12.3 Å². The summed E-state index contributed by atoms with van der Waals surface area (Å²) < 4.78 is 5.37. The van der Waals surface area contributed by atoms with Gasteiger partial charge in [0.25, 0.3) is 17.7 Å². The lowest BCUT2D eigenvalue weighted by molar-refractivity contribution is -0.154. The van der Waals surface area contributed by atoms with Crippen molar-refractivity contribution >= 4 is 41.1 Å². The number of nitrogens with zero attached hydrogens (tertiary/aromatic N) is 2. The summed E-state index contributed by atoms with van der Waals surface area (Å²) >= 11 is 5.98. The number of benzene rings is 3. The molecule has 2 aliphatic rings. The average molecular weight is 559 g/mol. The van der Waals surface area contributed by atoms with Crippen LogP contribution in [0.1, 0.15) is 57.3 Å². The smallest absolute Gasteiger partial charge is 0.343 e. The van der Waals surface area contributed by atoms with Gasteiger partial charge in [0.2, 0.25) is 0 Å². The van der Waals surface area contributed by atoms with Gasteiger partial charge < -0.3 is 4.74 Å². The molecule has 3 atom stereocenters. The maximum atomic E-state index is 13.6. The van der Waals surface area contributed by atoms with Gasteiger partial charge in [-0.1, -0.05) is 36.7 Å². The van der Waals surface area contributed by atoms with Gasteiger partial charge in [0.05, 0.1) is 17.4 Å². The zero-order valence-corrected chi connectivity index (χ0v) is 22.5. The third-order valence-electron chi connectivity index (χ3n) is 7.42. The molecule has 1 heterocycles. The molecule has 0 bridgehead atoms. The summed E-state index contributed by atoms with van der Waals surface area (Å²) in [5.74, 6) is -3.10. The first-order chi connectivity index (χ1) is 19.2. The van der Waals surface area contributed by atoms with Crippen LogP contribution in [0.5, 0.6) is 5.75 Å². The SMILES string of the molecule is C[C@@H]1CC[C@@H]2C(=O)N(N(CC(=O)c3ccc(OC(=O)c4ccccc4)cc3)C(=O)c3ccc(Cl)cc3)C(=O)[C@@H]2C1. The third-order valence-corrected chi connectivity index (χ3v) is 7.67. The Morgan fingerprint density at radius 2 is 1.45 bits per heavy atom. The number of hydrogen-bond acceptors (Lipinski definition) is 6. The number of hydrogen-bond donors (Lipinski definition) is 0. The fraction of sp³-hybridized carbons (Fsp3) is 0.258. The van der Waals surface area contributed by atoms with Gasteiger partial charge in [-0.15, -0.1) is 0 Å². The van der Waals surface area contributed by atoms with E-state index in [1.807, 2.05) is 6.92 Å². The van der Waals surface area contributed by atoms with E-state index in [2.05, 4.69) is 0 Å². The molecule has 0 spiro atoms. The first-order valence-electron chi connectivity index (χ1n) is 13.1. The number of amides is 3. The van der Waals surface area contributed by atoms with Crippen molar-refractivity contribution < 1.29 is 28.7 Å². The maximum absolute atomic E-state index is 13.6. The minimum Gasteiger partial charge on any atom is -0.423 e. The van der Waals surface area contributed by atoms with Crippen LogP contribution >= 0.6 is 11.6 Å². The van der Waals surface area contributed by atoms with Crippen molar-refractivity contribution in [1.29, 1.82) is 0 Å². The Morgan fingerprint density at radius 3 is 2.12 bits per heavy atom. The Bertz CT molecular complexity index is 1460. The highest BCUT2D eigenvalue weighted by molar-refractivity contribution is 6.30. The van der Waals surface area contributed by atoms with Crippen molar-refractivity contribution in [2.45, 2.75) is 26.2 Å². The second-order valence-electron chi connectivity index (χ2n) is 10.2. The second kappa shape index (κ2) is 11.4. The zero-order valence-electron chi connectivity index (χ0n) is 21.8. The predicted molar refractivity (Wildman–Crippen MR) is 147 cm³/mol. The van der Waals surface area contributed by atoms with Crippen LogP contribution in [0.4, 0.5) is 0 Å². The molecule has 8 nitrogen and oxygen atoms in total. The number of rotatable bonds is 7. The second-order valence-corrected chi connectivity index (χ2v) is 10.6. The topological polar surface area (TPSA) is 101 Å². The summed E-state index contributed by atoms with van der Waals surface area (Å²) in [5.41, 5.74) is 0.789. The number of ether oxygens (including phenoxy) is 1. The molecular weight excluding hydrogens is 532 g/mol. The first kappa shape index (κ1) is 27.3. The van der Waals surface area contributed by atoms with Gasteiger partial charge in [-0.3, -0.25) is 19.2 Å². The fourth-order valence-corrected chi connectivity index (χ4v) is 5.39. The summed E-state index contributed by atoms with van der Waals surface area (Å²) in [4.78, 5) is 66.1. The van der Waals surface area contributed by atoms with E-state index in [1.54, 1.807) is 30.3 Å². The normalized spacial score (nSPS) is 20.1. The van der Waals surface area contributed by atoms with Crippen LogP contribution in [-0.4, -0.2) is 46.0 Å². The van der Waals surface area contributed by atoms with E-state index in [9.17, 15) is 24.0 Å². The van der Waals surface area contributed by atoms with Crippen molar-refractivity contribution in [3.63, 3.8) is 0 Å². The molecule has 9 heteroatoms. The average Bonchev–Trinajstić information content (AvgIpc) is 3.21. The molecule has 1 saturated heterocycles. The van der Waals surface area contributed by atoms with Gasteiger partial charge in [-0.25, -0.2) is 9.80 Å². The number of carbonyl (C=O) groups excluding carboxylic acids is 5. The van der Waals surface area contributed by atoms with Crippen molar-refractivity contribution in [2.75, 3.05) is 6.54 Å². The number of imide groups is 1. The molecule has 1 aliphatic heterocycles. The Kier molecular flexibility index (Phi) is 7.80. The lowest BCUT2D eigenvalue weighted by Crippen LogP contribution is -2.52. The molecule has 2 fully saturated rings.